The number of carbonyl (C=O) groups is 1. The van der Waals surface area contributed by atoms with Crippen LogP contribution in [0.3, 0.4) is 0 Å². The van der Waals surface area contributed by atoms with Crippen molar-refractivity contribution in [2.45, 2.75) is 19.8 Å². The van der Waals surface area contributed by atoms with Crippen molar-refractivity contribution in [2.75, 3.05) is 6.54 Å². The lowest BCUT2D eigenvalue weighted by Crippen LogP contribution is -2.24. The molecular formula is C12H13FN2O. The van der Waals surface area contributed by atoms with Gasteiger partial charge >= 0.3 is 0 Å². The van der Waals surface area contributed by atoms with E-state index in [-0.39, 0.29) is 11.7 Å². The van der Waals surface area contributed by atoms with Crippen molar-refractivity contribution in [1.82, 2.24) is 5.32 Å². The van der Waals surface area contributed by atoms with Crippen LogP contribution in [0.15, 0.2) is 18.2 Å². The van der Waals surface area contributed by atoms with Crippen molar-refractivity contribution in [1.29, 1.82) is 5.26 Å². The van der Waals surface area contributed by atoms with E-state index in [4.69, 9.17) is 5.26 Å². The summed E-state index contributed by atoms with van der Waals surface area (Å²) in [6.45, 7) is 2.07. The van der Waals surface area contributed by atoms with Gasteiger partial charge in [0.15, 0.2) is 0 Å². The maximum atomic E-state index is 12.9. The molecule has 3 nitrogen and oxygen atoms in total. The van der Waals surface area contributed by atoms with Crippen LogP contribution >= 0.6 is 0 Å². The third-order valence-corrected chi connectivity index (χ3v) is 2.17. The first-order valence-corrected chi connectivity index (χ1v) is 5.06. The second-order valence-electron chi connectivity index (χ2n) is 3.48. The van der Waals surface area contributed by atoms with Crippen molar-refractivity contribution >= 4 is 5.91 Å². The van der Waals surface area contributed by atoms with Crippen molar-refractivity contribution in [2.24, 2.45) is 0 Å². The number of hydrogen-bond acceptors (Lipinski definition) is 2. The van der Waals surface area contributed by atoms with E-state index in [0.29, 0.717) is 30.5 Å². The largest absolute Gasteiger partial charge is 0.352 e. The number of nitrogens with one attached hydrogen (secondary N) is 1. The molecule has 0 radical (unpaired) electrons. The van der Waals surface area contributed by atoms with Crippen LogP contribution < -0.4 is 5.32 Å². The lowest BCUT2D eigenvalue weighted by atomic mass is 10.1. The van der Waals surface area contributed by atoms with E-state index >= 15 is 0 Å². The summed E-state index contributed by atoms with van der Waals surface area (Å²) in [7, 11) is 0. The van der Waals surface area contributed by atoms with Gasteiger partial charge in [-0.2, -0.15) is 5.26 Å². The number of aryl methyl sites for hydroxylation is 1. The van der Waals surface area contributed by atoms with Crippen molar-refractivity contribution < 1.29 is 9.18 Å². The van der Waals surface area contributed by atoms with Crippen LogP contribution in [0.25, 0.3) is 0 Å². The Balaban J connectivity index is 2.53. The van der Waals surface area contributed by atoms with Crippen LogP contribution in [0, 0.1) is 24.1 Å². The molecule has 4 heteroatoms. The minimum atomic E-state index is -0.318. The van der Waals surface area contributed by atoms with Crippen LogP contribution in [-0.4, -0.2) is 12.5 Å². The van der Waals surface area contributed by atoms with Crippen LogP contribution in [0.4, 0.5) is 4.39 Å². The molecule has 0 aromatic heterocycles. The van der Waals surface area contributed by atoms with Gasteiger partial charge in [-0.1, -0.05) is 0 Å². The molecule has 0 spiro atoms. The molecule has 0 bridgehead atoms. The Morgan fingerprint density at radius 1 is 1.56 bits per heavy atom. The average Bonchev–Trinajstić information content (AvgIpc) is 2.28. The van der Waals surface area contributed by atoms with Gasteiger partial charge < -0.3 is 5.32 Å². The fraction of sp³-hybridized carbons (Fsp3) is 0.333. The first-order chi connectivity index (χ1) is 7.65. The van der Waals surface area contributed by atoms with Gasteiger partial charge in [0, 0.05) is 18.5 Å². The molecule has 0 aliphatic carbocycles. The molecule has 1 N–H and O–H groups in total. The first kappa shape index (κ1) is 12.2. The fourth-order valence-electron chi connectivity index (χ4n) is 1.26. The highest BCUT2D eigenvalue weighted by Crippen LogP contribution is 2.08. The average molecular weight is 220 g/mol. The van der Waals surface area contributed by atoms with Crippen molar-refractivity contribution in [3.8, 4) is 6.07 Å². The molecule has 1 aromatic rings. The van der Waals surface area contributed by atoms with E-state index in [0.717, 1.165) is 0 Å². The molecule has 1 aromatic carbocycles. The Kier molecular flexibility index (Phi) is 4.46. The number of carbonyl (C=O) groups excluding carboxylic acids is 1. The number of nitriles is 1. The zero-order valence-corrected chi connectivity index (χ0v) is 9.09. The van der Waals surface area contributed by atoms with Gasteiger partial charge in [-0.05, 0) is 37.1 Å². The van der Waals surface area contributed by atoms with Crippen molar-refractivity contribution in [3.63, 3.8) is 0 Å². The van der Waals surface area contributed by atoms with Gasteiger partial charge in [0.2, 0.25) is 0 Å². The number of benzene rings is 1. The maximum absolute atomic E-state index is 12.9. The number of hydrogen-bond donors (Lipinski definition) is 1. The molecule has 1 amide bonds. The molecule has 16 heavy (non-hydrogen) atoms. The number of nitrogens with zero attached hydrogens (tertiary/aromatic N) is 1. The third kappa shape index (κ3) is 3.35. The number of halogens is 1. The van der Waals surface area contributed by atoms with E-state index < -0.39 is 0 Å². The predicted molar refractivity (Wildman–Crippen MR) is 58.3 cm³/mol. The quantitative estimate of drug-likeness (QED) is 0.790. The van der Waals surface area contributed by atoms with Gasteiger partial charge in [-0.25, -0.2) is 4.39 Å². The van der Waals surface area contributed by atoms with E-state index in [1.54, 1.807) is 6.92 Å². The van der Waals surface area contributed by atoms with Gasteiger partial charge in [-0.15, -0.1) is 0 Å². The second-order valence-corrected chi connectivity index (χ2v) is 3.48. The second kappa shape index (κ2) is 5.86. The van der Waals surface area contributed by atoms with Gasteiger partial charge in [-0.3, -0.25) is 4.79 Å². The highest BCUT2D eigenvalue weighted by molar-refractivity contribution is 5.94. The maximum Gasteiger partial charge on any atom is 0.251 e. The number of rotatable bonds is 4. The zero-order valence-electron chi connectivity index (χ0n) is 9.09. The van der Waals surface area contributed by atoms with Crippen LogP contribution in [-0.2, 0) is 0 Å². The SMILES string of the molecule is Cc1cc(C(=O)NCCCC#N)ccc1F. The van der Waals surface area contributed by atoms with E-state index in [9.17, 15) is 9.18 Å². The van der Waals surface area contributed by atoms with E-state index in [2.05, 4.69) is 5.32 Å². The molecule has 84 valence electrons. The topological polar surface area (TPSA) is 52.9 Å². The smallest absolute Gasteiger partial charge is 0.251 e. The molecule has 0 saturated heterocycles. The molecule has 0 aliphatic heterocycles. The highest BCUT2D eigenvalue weighted by atomic mass is 19.1. The molecular weight excluding hydrogens is 207 g/mol. The predicted octanol–water partition coefficient (Wildman–Crippen LogP) is 2.17. The molecule has 1 rings (SSSR count). The molecule has 0 saturated carbocycles. The minimum Gasteiger partial charge on any atom is -0.352 e. The summed E-state index contributed by atoms with van der Waals surface area (Å²) in [5.41, 5.74) is 0.889. The van der Waals surface area contributed by atoms with Gasteiger partial charge in [0.25, 0.3) is 5.91 Å². The Labute approximate surface area is 93.9 Å². The standard InChI is InChI=1S/C12H13FN2O/c1-9-8-10(4-5-11(9)13)12(16)15-7-3-2-6-14/h4-5,8H,2-3,7H2,1H3,(H,15,16). The van der Waals surface area contributed by atoms with Gasteiger partial charge in [0.05, 0.1) is 6.07 Å². The first-order valence-electron chi connectivity index (χ1n) is 5.06. The summed E-state index contributed by atoms with van der Waals surface area (Å²) >= 11 is 0. The minimum absolute atomic E-state index is 0.235. The summed E-state index contributed by atoms with van der Waals surface area (Å²) in [6.07, 6.45) is 1.05. The molecule has 0 aliphatic rings. The van der Waals surface area contributed by atoms with Crippen LogP contribution in [0.5, 0.6) is 0 Å². The van der Waals surface area contributed by atoms with E-state index in [1.807, 2.05) is 6.07 Å². The Morgan fingerprint density at radius 3 is 2.94 bits per heavy atom. The summed E-state index contributed by atoms with van der Waals surface area (Å²) < 4.78 is 12.9. The molecule has 0 unspecified atom stereocenters. The Hall–Kier alpha value is -1.89. The lowest BCUT2D eigenvalue weighted by molar-refractivity contribution is 0.0953. The van der Waals surface area contributed by atoms with Crippen LogP contribution in [0.1, 0.15) is 28.8 Å². The molecule has 0 heterocycles. The molecule has 0 atom stereocenters. The molecule has 0 fully saturated rings. The highest BCUT2D eigenvalue weighted by Gasteiger charge is 2.06. The monoisotopic (exact) mass is 220 g/mol. The van der Waals surface area contributed by atoms with E-state index in [1.165, 1.54) is 18.2 Å². The Bertz CT molecular complexity index is 424. The summed E-state index contributed by atoms with van der Waals surface area (Å²) in [6, 6.07) is 6.23. The lowest BCUT2D eigenvalue weighted by Gasteiger charge is -2.04. The fourth-order valence-corrected chi connectivity index (χ4v) is 1.26. The summed E-state index contributed by atoms with van der Waals surface area (Å²) in [5, 5.41) is 11.0. The Morgan fingerprint density at radius 2 is 2.31 bits per heavy atom. The number of amides is 1. The normalized spacial score (nSPS) is 9.56. The summed E-state index contributed by atoms with van der Waals surface area (Å²) in [4.78, 5) is 11.6. The van der Waals surface area contributed by atoms with Gasteiger partial charge in [0.1, 0.15) is 5.82 Å². The van der Waals surface area contributed by atoms with Crippen molar-refractivity contribution in [3.05, 3.63) is 35.1 Å². The third-order valence-electron chi connectivity index (χ3n) is 2.17. The summed E-state index contributed by atoms with van der Waals surface area (Å²) in [5.74, 6) is -0.554. The zero-order chi connectivity index (χ0) is 12.0. The van der Waals surface area contributed by atoms with Crippen LogP contribution in [0.2, 0.25) is 0 Å². The number of unbranched alkanes of at least 4 members (excludes halogenated alkanes) is 1.